The maximum absolute atomic E-state index is 14.4. The third-order valence-electron chi connectivity index (χ3n) is 3.66. The molecule has 0 atom stereocenters. The number of imidazole rings is 1. The first-order valence-corrected chi connectivity index (χ1v) is 7.13. The van der Waals surface area contributed by atoms with E-state index >= 15 is 0 Å². The zero-order valence-corrected chi connectivity index (χ0v) is 12.5. The zero-order valence-electron chi connectivity index (χ0n) is 12.5. The highest BCUT2D eigenvalue weighted by Gasteiger charge is 2.15. The molecule has 104 valence electrons. The van der Waals surface area contributed by atoms with Crippen molar-refractivity contribution in [3.8, 4) is 0 Å². The van der Waals surface area contributed by atoms with E-state index in [9.17, 15) is 4.39 Å². The third kappa shape index (κ3) is 2.51. The molecule has 0 aromatic carbocycles. The number of hydrogen-bond acceptors (Lipinski definition) is 1. The zero-order chi connectivity index (χ0) is 14.2. The predicted molar refractivity (Wildman–Crippen MR) is 77.8 cm³/mol. The fourth-order valence-corrected chi connectivity index (χ4v) is 2.60. The fourth-order valence-electron chi connectivity index (χ4n) is 2.60. The molecule has 0 bridgehead atoms. The van der Waals surface area contributed by atoms with Crippen molar-refractivity contribution in [3.05, 3.63) is 28.2 Å². The molecule has 3 heteroatoms. The minimum absolute atomic E-state index is 0.193. The summed E-state index contributed by atoms with van der Waals surface area (Å²) in [6.45, 7) is 10.5. The van der Waals surface area contributed by atoms with Crippen LogP contribution in [0.15, 0.2) is 11.6 Å². The summed E-state index contributed by atoms with van der Waals surface area (Å²) < 4.78 is 16.5. The number of rotatable bonds is 3. The van der Waals surface area contributed by atoms with E-state index in [0.29, 0.717) is 17.3 Å². The molecule has 19 heavy (non-hydrogen) atoms. The standard InChI is InChI=1S/C16H23FN2/c1-6-15-18-16-13(17)9-12(10(2)3)7-8-14(16)19(15)11(4)5/h8-11H,6-7H2,1-5H3. The van der Waals surface area contributed by atoms with E-state index in [1.165, 1.54) is 0 Å². The number of aryl methyl sites for hydroxylation is 1. The maximum Gasteiger partial charge on any atom is 0.150 e. The van der Waals surface area contributed by atoms with Gasteiger partial charge < -0.3 is 4.57 Å². The molecule has 2 nitrogen and oxygen atoms in total. The SMILES string of the molecule is CCc1nc2c(n1C(C)C)=CCC(C(C)C)=CC=2F. The van der Waals surface area contributed by atoms with E-state index in [1.54, 1.807) is 6.08 Å². The second-order valence-corrected chi connectivity index (χ2v) is 5.71. The molecule has 1 aliphatic carbocycles. The van der Waals surface area contributed by atoms with Crippen molar-refractivity contribution in [2.45, 2.75) is 53.5 Å². The summed E-state index contributed by atoms with van der Waals surface area (Å²) in [5, 5.41) is 1.46. The van der Waals surface area contributed by atoms with Gasteiger partial charge in [-0.15, -0.1) is 0 Å². The smallest absolute Gasteiger partial charge is 0.150 e. The van der Waals surface area contributed by atoms with Crippen LogP contribution < -0.4 is 10.7 Å². The Balaban J connectivity index is 2.73. The molecule has 0 amide bonds. The monoisotopic (exact) mass is 262 g/mol. The lowest BCUT2D eigenvalue weighted by molar-refractivity contribution is 0.558. The van der Waals surface area contributed by atoms with Gasteiger partial charge in [0.25, 0.3) is 0 Å². The lowest BCUT2D eigenvalue weighted by Crippen LogP contribution is -2.32. The molecule has 0 radical (unpaired) electrons. The Bertz CT molecular complexity index is 618. The molecule has 0 saturated carbocycles. The van der Waals surface area contributed by atoms with Gasteiger partial charge in [-0.2, -0.15) is 0 Å². The number of halogens is 1. The van der Waals surface area contributed by atoms with Crippen LogP contribution in [0.5, 0.6) is 0 Å². The van der Waals surface area contributed by atoms with E-state index in [4.69, 9.17) is 0 Å². The first-order valence-electron chi connectivity index (χ1n) is 7.13. The molecule has 1 heterocycles. The van der Waals surface area contributed by atoms with Crippen LogP contribution in [0.1, 0.15) is 52.9 Å². The number of hydrogen-bond donors (Lipinski definition) is 0. The van der Waals surface area contributed by atoms with Crippen LogP contribution in [0, 0.1) is 5.92 Å². The lowest BCUT2D eigenvalue weighted by atomic mass is 10.00. The summed E-state index contributed by atoms with van der Waals surface area (Å²) in [6.07, 6.45) is 5.43. The van der Waals surface area contributed by atoms with Gasteiger partial charge in [-0.05, 0) is 32.3 Å². The molecule has 0 unspecified atom stereocenters. The summed E-state index contributed by atoms with van der Waals surface area (Å²) >= 11 is 0. The Morgan fingerprint density at radius 2 is 2.00 bits per heavy atom. The van der Waals surface area contributed by atoms with Crippen molar-refractivity contribution in [2.24, 2.45) is 5.92 Å². The van der Waals surface area contributed by atoms with E-state index in [2.05, 4.69) is 50.2 Å². The average molecular weight is 262 g/mol. The van der Waals surface area contributed by atoms with E-state index in [1.807, 2.05) is 0 Å². The van der Waals surface area contributed by atoms with Gasteiger partial charge in [-0.25, -0.2) is 9.37 Å². The Hall–Kier alpha value is -1.38. The predicted octanol–water partition coefficient (Wildman–Crippen LogP) is 2.87. The summed E-state index contributed by atoms with van der Waals surface area (Å²) in [4.78, 5) is 4.50. The van der Waals surface area contributed by atoms with Gasteiger partial charge in [0.1, 0.15) is 11.2 Å². The van der Waals surface area contributed by atoms with Gasteiger partial charge in [0.15, 0.2) is 5.83 Å². The molecular formula is C16H23FN2. The fraction of sp³-hybridized carbons (Fsp3) is 0.562. The molecule has 0 saturated heterocycles. The average Bonchev–Trinajstić information content (AvgIpc) is 2.64. The van der Waals surface area contributed by atoms with Crippen LogP contribution in [0.2, 0.25) is 0 Å². The van der Waals surface area contributed by atoms with Crippen LogP contribution in [-0.4, -0.2) is 9.55 Å². The van der Waals surface area contributed by atoms with Gasteiger partial charge in [0, 0.05) is 12.5 Å². The van der Waals surface area contributed by atoms with Gasteiger partial charge >= 0.3 is 0 Å². The van der Waals surface area contributed by atoms with E-state index in [0.717, 1.165) is 29.6 Å². The van der Waals surface area contributed by atoms with Crippen LogP contribution in [-0.2, 0) is 6.42 Å². The van der Waals surface area contributed by atoms with Gasteiger partial charge in [-0.3, -0.25) is 0 Å². The number of allylic oxidation sites excluding steroid dienone is 2. The molecule has 0 N–H and O–H groups in total. The molecular weight excluding hydrogens is 239 g/mol. The van der Waals surface area contributed by atoms with E-state index in [-0.39, 0.29) is 5.83 Å². The highest BCUT2D eigenvalue weighted by molar-refractivity contribution is 5.53. The van der Waals surface area contributed by atoms with Crippen molar-refractivity contribution < 1.29 is 4.39 Å². The first kappa shape index (κ1) is 14.0. The Morgan fingerprint density at radius 1 is 1.32 bits per heavy atom. The third-order valence-corrected chi connectivity index (χ3v) is 3.66. The number of aromatic nitrogens is 2. The Labute approximate surface area is 114 Å². The number of fused-ring (bicyclic) bond motifs is 1. The van der Waals surface area contributed by atoms with Crippen molar-refractivity contribution >= 4 is 11.9 Å². The van der Waals surface area contributed by atoms with Crippen molar-refractivity contribution in [1.29, 1.82) is 0 Å². The molecule has 1 aliphatic rings. The van der Waals surface area contributed by atoms with Gasteiger partial charge in [-0.1, -0.05) is 32.4 Å². The molecule has 1 aromatic rings. The number of nitrogens with zero attached hydrogens (tertiary/aromatic N) is 2. The summed E-state index contributed by atoms with van der Waals surface area (Å²) in [5.41, 5.74) is 1.13. The molecule has 1 aromatic heterocycles. The van der Waals surface area contributed by atoms with Crippen molar-refractivity contribution in [3.63, 3.8) is 0 Å². The van der Waals surface area contributed by atoms with Crippen LogP contribution in [0.4, 0.5) is 4.39 Å². The highest BCUT2D eigenvalue weighted by Crippen LogP contribution is 2.19. The molecule has 0 aliphatic heterocycles. The molecule has 2 rings (SSSR count). The first-order chi connectivity index (χ1) is 8.95. The highest BCUT2D eigenvalue weighted by atomic mass is 19.1. The second kappa shape index (κ2) is 5.32. The van der Waals surface area contributed by atoms with E-state index < -0.39 is 0 Å². The minimum Gasteiger partial charge on any atom is -0.326 e. The summed E-state index contributed by atoms with van der Waals surface area (Å²) in [5.74, 6) is 1.14. The van der Waals surface area contributed by atoms with Gasteiger partial charge in [0.2, 0.25) is 0 Å². The summed E-state index contributed by atoms with van der Waals surface area (Å²) in [7, 11) is 0. The topological polar surface area (TPSA) is 17.8 Å². The van der Waals surface area contributed by atoms with Crippen LogP contribution >= 0.6 is 0 Å². The van der Waals surface area contributed by atoms with Crippen molar-refractivity contribution in [2.75, 3.05) is 0 Å². The molecule has 0 spiro atoms. The summed E-state index contributed by atoms with van der Waals surface area (Å²) in [6, 6.07) is 0.302. The van der Waals surface area contributed by atoms with Gasteiger partial charge in [0.05, 0.1) is 5.35 Å². The second-order valence-electron chi connectivity index (χ2n) is 5.71. The molecule has 0 fully saturated rings. The maximum atomic E-state index is 14.4. The lowest BCUT2D eigenvalue weighted by Gasteiger charge is -2.11. The van der Waals surface area contributed by atoms with Crippen LogP contribution in [0.3, 0.4) is 0 Å². The Kier molecular flexibility index (Phi) is 3.93. The largest absolute Gasteiger partial charge is 0.326 e. The Morgan fingerprint density at radius 3 is 2.53 bits per heavy atom. The van der Waals surface area contributed by atoms with Crippen molar-refractivity contribution in [1.82, 2.24) is 9.55 Å². The quantitative estimate of drug-likeness (QED) is 0.819. The van der Waals surface area contributed by atoms with Crippen LogP contribution in [0.25, 0.3) is 11.9 Å². The normalized spacial score (nSPS) is 15.4. The minimum atomic E-state index is -0.193.